The summed E-state index contributed by atoms with van der Waals surface area (Å²) in [5.41, 5.74) is 0. The lowest BCUT2D eigenvalue weighted by Gasteiger charge is -2.18. The van der Waals surface area contributed by atoms with Crippen molar-refractivity contribution in [3.05, 3.63) is 0 Å². The SMILES string of the molecule is CC(C)C(=O)CCNC(=O)C(CC(=O)OI)C(C)C. The van der Waals surface area contributed by atoms with Crippen LogP contribution in [0, 0.1) is 17.8 Å². The van der Waals surface area contributed by atoms with E-state index in [0.717, 1.165) is 0 Å². The Morgan fingerprint density at radius 2 is 1.74 bits per heavy atom. The van der Waals surface area contributed by atoms with Crippen LogP contribution in [0.2, 0.25) is 0 Å². The minimum Gasteiger partial charge on any atom is -0.394 e. The highest BCUT2D eigenvalue weighted by Gasteiger charge is 2.25. The zero-order valence-electron chi connectivity index (χ0n) is 11.9. The number of nitrogens with one attached hydrogen (secondary N) is 1. The molecule has 19 heavy (non-hydrogen) atoms. The van der Waals surface area contributed by atoms with Crippen LogP contribution in [0.3, 0.4) is 0 Å². The summed E-state index contributed by atoms with van der Waals surface area (Å²) in [5.74, 6) is -0.895. The normalized spacial score (nSPS) is 12.4. The van der Waals surface area contributed by atoms with Gasteiger partial charge < -0.3 is 8.38 Å². The summed E-state index contributed by atoms with van der Waals surface area (Å²) >= 11 is 1.51. The van der Waals surface area contributed by atoms with Crippen LogP contribution >= 0.6 is 23.0 Å². The molecule has 0 aliphatic carbocycles. The fourth-order valence-corrected chi connectivity index (χ4v) is 1.75. The van der Waals surface area contributed by atoms with Crippen molar-refractivity contribution < 1.29 is 17.4 Å². The van der Waals surface area contributed by atoms with Crippen LogP contribution in [0.15, 0.2) is 0 Å². The summed E-state index contributed by atoms with van der Waals surface area (Å²) in [5, 5.41) is 2.71. The molecule has 0 radical (unpaired) electrons. The summed E-state index contributed by atoms with van der Waals surface area (Å²) in [7, 11) is 0. The average Bonchev–Trinajstić information content (AvgIpc) is 2.34. The molecule has 6 heteroatoms. The van der Waals surface area contributed by atoms with Gasteiger partial charge in [-0.25, -0.2) is 0 Å². The Hall–Kier alpha value is -0.660. The van der Waals surface area contributed by atoms with E-state index in [1.54, 1.807) is 0 Å². The first-order valence-corrected chi connectivity index (χ1v) is 7.29. The van der Waals surface area contributed by atoms with E-state index in [-0.39, 0.29) is 29.9 Å². The van der Waals surface area contributed by atoms with Gasteiger partial charge in [-0.1, -0.05) is 27.7 Å². The Labute approximate surface area is 128 Å². The van der Waals surface area contributed by atoms with Crippen molar-refractivity contribution in [2.45, 2.75) is 40.5 Å². The Balaban J connectivity index is 4.27. The lowest BCUT2D eigenvalue weighted by atomic mass is 9.91. The van der Waals surface area contributed by atoms with Crippen LogP contribution in [0.4, 0.5) is 0 Å². The summed E-state index contributed by atoms with van der Waals surface area (Å²) in [6.07, 6.45) is 0.384. The lowest BCUT2D eigenvalue weighted by Crippen LogP contribution is -2.36. The molecule has 110 valence electrons. The van der Waals surface area contributed by atoms with Gasteiger partial charge in [-0.05, 0) is 5.92 Å². The van der Waals surface area contributed by atoms with E-state index in [2.05, 4.69) is 8.38 Å². The van der Waals surface area contributed by atoms with E-state index >= 15 is 0 Å². The van der Waals surface area contributed by atoms with Crippen LogP contribution in [0.25, 0.3) is 0 Å². The number of hydrogen-bond donors (Lipinski definition) is 1. The second kappa shape index (κ2) is 9.28. The van der Waals surface area contributed by atoms with Crippen molar-refractivity contribution >= 4 is 40.7 Å². The summed E-state index contributed by atoms with van der Waals surface area (Å²) in [4.78, 5) is 34.6. The number of hydrogen-bond acceptors (Lipinski definition) is 4. The van der Waals surface area contributed by atoms with Gasteiger partial charge >= 0.3 is 5.97 Å². The number of ketones is 1. The van der Waals surface area contributed by atoms with E-state index in [0.29, 0.717) is 13.0 Å². The third-order valence-corrected chi connectivity index (χ3v) is 3.42. The quantitative estimate of drug-likeness (QED) is 0.653. The highest BCUT2D eigenvalue weighted by atomic mass is 127. The minimum atomic E-state index is -0.420. The van der Waals surface area contributed by atoms with Crippen LogP contribution in [0.5, 0.6) is 0 Å². The predicted molar refractivity (Wildman–Crippen MR) is 80.5 cm³/mol. The number of rotatable bonds is 8. The molecule has 0 heterocycles. The smallest absolute Gasteiger partial charge is 0.316 e. The first kappa shape index (κ1) is 18.3. The molecule has 0 bridgehead atoms. The van der Waals surface area contributed by atoms with Gasteiger partial charge in [-0.15, -0.1) is 0 Å². The predicted octanol–water partition coefficient (Wildman–Crippen LogP) is 2.27. The van der Waals surface area contributed by atoms with Crippen molar-refractivity contribution in [1.82, 2.24) is 5.32 Å². The summed E-state index contributed by atoms with van der Waals surface area (Å²) in [6, 6.07) is 0. The molecule has 0 fully saturated rings. The zero-order valence-corrected chi connectivity index (χ0v) is 14.0. The topological polar surface area (TPSA) is 72.5 Å². The van der Waals surface area contributed by atoms with Gasteiger partial charge in [-0.3, -0.25) is 14.4 Å². The van der Waals surface area contributed by atoms with E-state index in [9.17, 15) is 14.4 Å². The number of amides is 1. The molecule has 0 saturated heterocycles. The molecule has 1 amide bonds. The monoisotopic (exact) mass is 383 g/mol. The fourth-order valence-electron chi connectivity index (χ4n) is 1.57. The molecule has 1 N–H and O–H groups in total. The fraction of sp³-hybridized carbons (Fsp3) is 0.769. The molecule has 0 aromatic carbocycles. The first-order chi connectivity index (χ1) is 8.79. The molecule has 0 aromatic heterocycles. The van der Waals surface area contributed by atoms with E-state index < -0.39 is 11.9 Å². The van der Waals surface area contributed by atoms with E-state index in [1.807, 2.05) is 27.7 Å². The second-order valence-electron chi connectivity index (χ2n) is 5.17. The molecule has 1 unspecified atom stereocenters. The lowest BCUT2D eigenvalue weighted by molar-refractivity contribution is -0.137. The maximum absolute atomic E-state index is 12.0. The molecule has 0 rings (SSSR count). The first-order valence-electron chi connectivity index (χ1n) is 6.41. The van der Waals surface area contributed by atoms with Gasteiger partial charge in [-0.2, -0.15) is 0 Å². The minimum absolute atomic E-state index is 0.0215. The highest BCUT2D eigenvalue weighted by Crippen LogP contribution is 2.17. The average molecular weight is 383 g/mol. The second-order valence-corrected chi connectivity index (χ2v) is 5.61. The number of carbonyl (C=O) groups excluding carboxylic acids is 3. The van der Waals surface area contributed by atoms with Gasteiger partial charge in [0.1, 0.15) is 5.78 Å². The molecule has 0 spiro atoms. The molecule has 0 aliphatic rings. The molecule has 0 aliphatic heterocycles. The van der Waals surface area contributed by atoms with Crippen LogP contribution in [0.1, 0.15) is 40.5 Å². The molecule has 1 atom stereocenters. The summed E-state index contributed by atoms with van der Waals surface area (Å²) < 4.78 is 4.55. The Morgan fingerprint density at radius 3 is 2.16 bits per heavy atom. The molecular formula is C13H22INO4. The number of carbonyl (C=O) groups is 3. The van der Waals surface area contributed by atoms with Crippen molar-refractivity contribution in [3.63, 3.8) is 0 Å². The molecular weight excluding hydrogens is 361 g/mol. The third-order valence-electron chi connectivity index (χ3n) is 2.93. The number of halogens is 1. The van der Waals surface area contributed by atoms with Crippen molar-refractivity contribution in [2.24, 2.45) is 17.8 Å². The Morgan fingerprint density at radius 1 is 1.16 bits per heavy atom. The van der Waals surface area contributed by atoms with Crippen molar-refractivity contribution in [1.29, 1.82) is 0 Å². The van der Waals surface area contributed by atoms with Gasteiger partial charge in [0.15, 0.2) is 23.0 Å². The van der Waals surface area contributed by atoms with E-state index in [4.69, 9.17) is 0 Å². The summed E-state index contributed by atoms with van der Waals surface area (Å²) in [6.45, 7) is 7.74. The van der Waals surface area contributed by atoms with Crippen LogP contribution in [-0.2, 0) is 17.4 Å². The zero-order chi connectivity index (χ0) is 15.0. The van der Waals surface area contributed by atoms with Crippen LogP contribution in [-0.4, -0.2) is 24.2 Å². The highest BCUT2D eigenvalue weighted by molar-refractivity contribution is 14.1. The third kappa shape index (κ3) is 7.49. The Kier molecular flexibility index (Phi) is 8.95. The van der Waals surface area contributed by atoms with Gasteiger partial charge in [0.2, 0.25) is 5.91 Å². The maximum Gasteiger partial charge on any atom is 0.316 e. The van der Waals surface area contributed by atoms with Gasteiger partial charge in [0, 0.05) is 18.9 Å². The molecule has 0 aromatic rings. The van der Waals surface area contributed by atoms with Crippen LogP contribution < -0.4 is 5.32 Å². The molecule has 0 saturated carbocycles. The van der Waals surface area contributed by atoms with E-state index in [1.165, 1.54) is 23.0 Å². The van der Waals surface area contributed by atoms with Gasteiger partial charge in [0.25, 0.3) is 0 Å². The largest absolute Gasteiger partial charge is 0.394 e. The van der Waals surface area contributed by atoms with Gasteiger partial charge in [0.05, 0.1) is 12.3 Å². The Bertz CT molecular complexity index is 329. The molecule has 5 nitrogen and oxygen atoms in total. The standard InChI is InChI=1S/C13H22INO4/c1-8(2)10(7-12(17)19-14)13(18)15-6-5-11(16)9(3)4/h8-10H,5-7H2,1-4H3,(H,15,18). The maximum atomic E-state index is 12.0. The van der Waals surface area contributed by atoms with Crippen molar-refractivity contribution in [3.8, 4) is 0 Å². The van der Waals surface area contributed by atoms with Crippen molar-refractivity contribution in [2.75, 3.05) is 6.54 Å². The number of Topliss-reactive ketones (excluding diaryl/α,β-unsaturated/α-hetero) is 1.